The lowest BCUT2D eigenvalue weighted by molar-refractivity contribution is 0.613. The van der Waals surface area contributed by atoms with Crippen LogP contribution in [0.25, 0.3) is 0 Å². The van der Waals surface area contributed by atoms with Gasteiger partial charge >= 0.3 is 0 Å². The SMILES string of the molecule is Clc1ccc(CNCCC2CC2)cc1Cl. The molecule has 0 amide bonds. The maximum Gasteiger partial charge on any atom is 0.0595 e. The quantitative estimate of drug-likeness (QED) is 0.775. The number of hydrogen-bond donors (Lipinski definition) is 1. The van der Waals surface area contributed by atoms with Crippen LogP contribution in [0.2, 0.25) is 10.0 Å². The summed E-state index contributed by atoms with van der Waals surface area (Å²) in [4.78, 5) is 0. The van der Waals surface area contributed by atoms with Crippen molar-refractivity contribution in [1.29, 1.82) is 0 Å². The second-order valence-electron chi connectivity index (χ2n) is 4.16. The van der Waals surface area contributed by atoms with Gasteiger partial charge in [-0.25, -0.2) is 0 Å². The molecule has 0 unspecified atom stereocenters. The van der Waals surface area contributed by atoms with Crippen molar-refractivity contribution in [3.63, 3.8) is 0 Å². The molecule has 0 heterocycles. The Bertz CT molecular complexity index is 334. The van der Waals surface area contributed by atoms with E-state index in [1.165, 1.54) is 24.8 Å². The Kier molecular flexibility index (Phi) is 3.90. The molecule has 0 atom stereocenters. The highest BCUT2D eigenvalue weighted by Gasteiger charge is 2.19. The first-order chi connectivity index (χ1) is 7.25. The predicted molar refractivity (Wildman–Crippen MR) is 65.5 cm³/mol. The summed E-state index contributed by atoms with van der Waals surface area (Å²) in [5.74, 6) is 0.992. The Morgan fingerprint density at radius 1 is 1.20 bits per heavy atom. The Hall–Kier alpha value is -0.240. The van der Waals surface area contributed by atoms with E-state index in [1.54, 1.807) is 0 Å². The molecule has 1 aromatic carbocycles. The Balaban J connectivity index is 1.74. The van der Waals surface area contributed by atoms with Crippen LogP contribution >= 0.6 is 23.2 Å². The smallest absolute Gasteiger partial charge is 0.0595 e. The molecular weight excluding hydrogens is 229 g/mol. The zero-order chi connectivity index (χ0) is 10.7. The van der Waals surface area contributed by atoms with Gasteiger partial charge in [0, 0.05) is 6.54 Å². The second-order valence-corrected chi connectivity index (χ2v) is 4.97. The van der Waals surface area contributed by atoms with Gasteiger partial charge in [-0.1, -0.05) is 42.1 Å². The summed E-state index contributed by atoms with van der Waals surface area (Å²) in [5, 5.41) is 4.68. The van der Waals surface area contributed by atoms with Crippen LogP contribution in [0.3, 0.4) is 0 Å². The summed E-state index contributed by atoms with van der Waals surface area (Å²) in [6, 6.07) is 5.79. The number of rotatable bonds is 5. The number of hydrogen-bond acceptors (Lipinski definition) is 1. The fourth-order valence-corrected chi connectivity index (χ4v) is 1.92. The molecule has 2 rings (SSSR count). The van der Waals surface area contributed by atoms with Crippen LogP contribution in [-0.4, -0.2) is 6.54 Å². The zero-order valence-electron chi connectivity index (χ0n) is 8.60. The Morgan fingerprint density at radius 2 is 2.00 bits per heavy atom. The van der Waals surface area contributed by atoms with E-state index in [-0.39, 0.29) is 0 Å². The fraction of sp³-hybridized carbons (Fsp3) is 0.500. The maximum atomic E-state index is 5.93. The van der Waals surface area contributed by atoms with Gasteiger partial charge in [0.1, 0.15) is 0 Å². The van der Waals surface area contributed by atoms with E-state index in [0.29, 0.717) is 10.0 Å². The van der Waals surface area contributed by atoms with Gasteiger partial charge < -0.3 is 5.32 Å². The summed E-state index contributed by atoms with van der Waals surface area (Å²) in [7, 11) is 0. The molecular formula is C12H15Cl2N. The van der Waals surface area contributed by atoms with E-state index in [4.69, 9.17) is 23.2 Å². The number of halogens is 2. The lowest BCUT2D eigenvalue weighted by atomic mass is 10.2. The molecule has 0 spiro atoms. The van der Waals surface area contributed by atoms with E-state index >= 15 is 0 Å². The summed E-state index contributed by atoms with van der Waals surface area (Å²) < 4.78 is 0. The summed E-state index contributed by atoms with van der Waals surface area (Å²) >= 11 is 11.8. The molecule has 0 saturated heterocycles. The van der Waals surface area contributed by atoms with E-state index in [1.807, 2.05) is 18.2 Å². The van der Waals surface area contributed by atoms with Gasteiger partial charge in [-0.2, -0.15) is 0 Å². The minimum atomic E-state index is 0.624. The van der Waals surface area contributed by atoms with E-state index in [0.717, 1.165) is 19.0 Å². The third-order valence-electron chi connectivity index (χ3n) is 2.74. The van der Waals surface area contributed by atoms with Crippen molar-refractivity contribution in [1.82, 2.24) is 5.32 Å². The molecule has 82 valence electrons. The third kappa shape index (κ3) is 3.67. The standard InChI is InChI=1S/C12H15Cl2N/c13-11-4-3-10(7-12(11)14)8-15-6-5-9-1-2-9/h3-4,7,9,15H,1-2,5-6,8H2. The van der Waals surface area contributed by atoms with Crippen molar-refractivity contribution >= 4 is 23.2 Å². The zero-order valence-corrected chi connectivity index (χ0v) is 10.1. The molecule has 1 aliphatic rings. The van der Waals surface area contributed by atoms with Crippen LogP contribution < -0.4 is 5.32 Å². The molecule has 0 aliphatic heterocycles. The molecule has 1 N–H and O–H groups in total. The molecule has 0 radical (unpaired) electrons. The van der Waals surface area contributed by atoms with Gasteiger partial charge in [0.15, 0.2) is 0 Å². The van der Waals surface area contributed by atoms with Crippen molar-refractivity contribution < 1.29 is 0 Å². The van der Waals surface area contributed by atoms with Crippen LogP contribution in [0, 0.1) is 5.92 Å². The van der Waals surface area contributed by atoms with Gasteiger partial charge in [-0.05, 0) is 36.6 Å². The van der Waals surface area contributed by atoms with Gasteiger partial charge in [-0.15, -0.1) is 0 Å². The molecule has 15 heavy (non-hydrogen) atoms. The van der Waals surface area contributed by atoms with Crippen molar-refractivity contribution in [2.75, 3.05) is 6.54 Å². The van der Waals surface area contributed by atoms with E-state index in [9.17, 15) is 0 Å². The summed E-state index contributed by atoms with van der Waals surface area (Å²) in [6.45, 7) is 1.98. The predicted octanol–water partition coefficient (Wildman–Crippen LogP) is 3.88. The second kappa shape index (κ2) is 5.20. The van der Waals surface area contributed by atoms with Crippen LogP contribution in [0.1, 0.15) is 24.8 Å². The molecule has 0 bridgehead atoms. The molecule has 1 nitrogen and oxygen atoms in total. The van der Waals surface area contributed by atoms with Crippen molar-refractivity contribution in [3.05, 3.63) is 33.8 Å². The van der Waals surface area contributed by atoms with Crippen LogP contribution in [-0.2, 0) is 6.54 Å². The minimum Gasteiger partial charge on any atom is -0.313 e. The Labute approximate surface area is 101 Å². The van der Waals surface area contributed by atoms with Gasteiger partial charge in [0.2, 0.25) is 0 Å². The molecule has 1 aromatic rings. The average molecular weight is 244 g/mol. The Morgan fingerprint density at radius 3 is 2.67 bits per heavy atom. The van der Waals surface area contributed by atoms with Crippen LogP contribution in [0.4, 0.5) is 0 Å². The first-order valence-electron chi connectivity index (χ1n) is 5.40. The molecule has 3 heteroatoms. The van der Waals surface area contributed by atoms with Crippen LogP contribution in [0.5, 0.6) is 0 Å². The van der Waals surface area contributed by atoms with Crippen molar-refractivity contribution in [3.8, 4) is 0 Å². The molecule has 1 fully saturated rings. The van der Waals surface area contributed by atoms with Crippen molar-refractivity contribution in [2.45, 2.75) is 25.8 Å². The topological polar surface area (TPSA) is 12.0 Å². The van der Waals surface area contributed by atoms with Gasteiger partial charge in [0.05, 0.1) is 10.0 Å². The minimum absolute atomic E-state index is 0.624. The largest absolute Gasteiger partial charge is 0.313 e. The summed E-state index contributed by atoms with van der Waals surface area (Å²) in [5.41, 5.74) is 1.19. The highest BCUT2D eigenvalue weighted by molar-refractivity contribution is 6.42. The van der Waals surface area contributed by atoms with E-state index < -0.39 is 0 Å². The van der Waals surface area contributed by atoms with E-state index in [2.05, 4.69) is 5.32 Å². The average Bonchev–Trinajstić information content (AvgIpc) is 3.02. The number of nitrogens with one attached hydrogen (secondary N) is 1. The van der Waals surface area contributed by atoms with Crippen LogP contribution in [0.15, 0.2) is 18.2 Å². The fourth-order valence-electron chi connectivity index (χ4n) is 1.60. The molecule has 1 aliphatic carbocycles. The normalized spacial score (nSPS) is 15.6. The monoisotopic (exact) mass is 243 g/mol. The molecule has 1 saturated carbocycles. The first-order valence-corrected chi connectivity index (χ1v) is 6.16. The first kappa shape index (κ1) is 11.3. The lowest BCUT2D eigenvalue weighted by Crippen LogP contribution is -2.15. The maximum absolute atomic E-state index is 5.93. The highest BCUT2D eigenvalue weighted by Crippen LogP contribution is 2.31. The molecule has 0 aromatic heterocycles. The highest BCUT2D eigenvalue weighted by atomic mass is 35.5. The number of benzene rings is 1. The lowest BCUT2D eigenvalue weighted by Gasteiger charge is -2.05. The van der Waals surface area contributed by atoms with Gasteiger partial charge in [-0.3, -0.25) is 0 Å². The summed E-state index contributed by atoms with van der Waals surface area (Å²) in [6.07, 6.45) is 4.16. The third-order valence-corrected chi connectivity index (χ3v) is 3.48. The van der Waals surface area contributed by atoms with Crippen molar-refractivity contribution in [2.24, 2.45) is 5.92 Å². The van der Waals surface area contributed by atoms with Gasteiger partial charge in [0.25, 0.3) is 0 Å².